The molecule has 0 nitrogen and oxygen atoms in total. The normalized spacial score (nSPS) is 11.5. The Balaban J connectivity index is 3.24. The Morgan fingerprint density at radius 2 is 2.25 bits per heavy atom. The van der Waals surface area contributed by atoms with Gasteiger partial charge in [0.25, 0.3) is 0 Å². The van der Waals surface area contributed by atoms with Crippen LogP contribution in [0.25, 0.3) is 0 Å². The second kappa shape index (κ2) is 4.63. The van der Waals surface area contributed by atoms with E-state index in [0.717, 1.165) is 6.42 Å². The van der Waals surface area contributed by atoms with Gasteiger partial charge in [0.15, 0.2) is 0 Å². The lowest BCUT2D eigenvalue weighted by Crippen LogP contribution is -1.73. The second-order valence-corrected chi connectivity index (χ2v) is 1.73. The van der Waals surface area contributed by atoms with Gasteiger partial charge in [0.2, 0.25) is 0 Å². The van der Waals surface area contributed by atoms with Crippen LogP contribution in [0.1, 0.15) is 13.3 Å². The highest BCUT2D eigenvalue weighted by atomic mass is 13.9. The Morgan fingerprint density at radius 3 is 2.62 bits per heavy atom. The van der Waals surface area contributed by atoms with Crippen LogP contribution < -0.4 is 0 Å². The lowest BCUT2D eigenvalue weighted by molar-refractivity contribution is 1.15. The Kier molecular flexibility index (Phi) is 4.33. The monoisotopic (exact) mass is 108 g/mol. The summed E-state index contributed by atoms with van der Waals surface area (Å²) < 4.78 is 0. The lowest BCUT2D eigenvalue weighted by atomic mass is 10.1. The lowest BCUT2D eigenvalue weighted by Gasteiger charge is -1.91. The molecule has 0 aliphatic carbocycles. The summed E-state index contributed by atoms with van der Waals surface area (Å²) in [5.41, 5.74) is 1.28. The van der Waals surface area contributed by atoms with Crippen molar-refractivity contribution in [3.63, 3.8) is 0 Å². The summed E-state index contributed by atoms with van der Waals surface area (Å²) in [5.74, 6) is 0. The van der Waals surface area contributed by atoms with E-state index in [4.69, 9.17) is 0 Å². The highest BCUT2D eigenvalue weighted by molar-refractivity contribution is 5.06. The van der Waals surface area contributed by atoms with Crippen LogP contribution in [0.2, 0.25) is 0 Å². The second-order valence-electron chi connectivity index (χ2n) is 1.73. The molecule has 0 saturated carbocycles. The molecule has 0 rings (SSSR count). The predicted octanol–water partition coefficient (Wildman–Crippen LogP) is 2.55. The van der Waals surface area contributed by atoms with Crippen molar-refractivity contribution < 1.29 is 0 Å². The van der Waals surface area contributed by atoms with Crippen LogP contribution in [0.5, 0.6) is 0 Å². The van der Waals surface area contributed by atoms with E-state index < -0.39 is 0 Å². The Morgan fingerprint density at radius 1 is 1.62 bits per heavy atom. The van der Waals surface area contributed by atoms with Crippen LogP contribution in [0.4, 0.5) is 0 Å². The maximum atomic E-state index is 3.62. The van der Waals surface area contributed by atoms with Gasteiger partial charge in [-0.15, -0.1) is 6.58 Å². The SMILES string of the molecule is [CH2]/C=C(/C)C[CH]C=C. The third kappa shape index (κ3) is 3.66. The summed E-state index contributed by atoms with van der Waals surface area (Å²) in [5, 5.41) is 0. The quantitative estimate of drug-likeness (QED) is 0.521. The van der Waals surface area contributed by atoms with E-state index in [0.29, 0.717) is 0 Å². The molecule has 0 aromatic carbocycles. The number of allylic oxidation sites excluding steroid dienone is 3. The molecule has 0 unspecified atom stereocenters. The summed E-state index contributed by atoms with van der Waals surface area (Å²) in [6, 6.07) is 0. The van der Waals surface area contributed by atoms with E-state index in [1.165, 1.54) is 5.57 Å². The minimum absolute atomic E-state index is 0.979. The molecule has 0 spiro atoms. The minimum Gasteiger partial charge on any atom is -0.103 e. The van der Waals surface area contributed by atoms with Crippen molar-refractivity contribution >= 4 is 0 Å². The maximum Gasteiger partial charge on any atom is -0.0133 e. The highest BCUT2D eigenvalue weighted by Crippen LogP contribution is 2.00. The fourth-order valence-corrected chi connectivity index (χ4v) is 0.353. The summed E-state index contributed by atoms with van der Waals surface area (Å²) in [6.07, 6.45) is 6.65. The van der Waals surface area contributed by atoms with Crippen molar-refractivity contribution in [1.29, 1.82) is 0 Å². The van der Waals surface area contributed by atoms with Crippen LogP contribution >= 0.6 is 0 Å². The van der Waals surface area contributed by atoms with Crippen molar-refractivity contribution in [3.05, 3.63) is 37.6 Å². The van der Waals surface area contributed by atoms with Crippen molar-refractivity contribution in [2.24, 2.45) is 0 Å². The molecule has 0 aromatic heterocycles. The summed E-state index contributed by atoms with van der Waals surface area (Å²) in [6.45, 7) is 9.23. The summed E-state index contributed by atoms with van der Waals surface area (Å²) in [7, 11) is 0. The highest BCUT2D eigenvalue weighted by Gasteiger charge is 1.82. The number of rotatable bonds is 3. The molecular formula is C8H12. The molecule has 2 radical (unpaired) electrons. The Bertz CT molecular complexity index is 88.2. The molecule has 0 aliphatic rings. The zero-order chi connectivity index (χ0) is 6.41. The smallest absolute Gasteiger partial charge is 0.0133 e. The van der Waals surface area contributed by atoms with Gasteiger partial charge in [0, 0.05) is 0 Å². The van der Waals surface area contributed by atoms with Crippen molar-refractivity contribution in [1.82, 2.24) is 0 Å². The molecule has 0 atom stereocenters. The molecule has 44 valence electrons. The first kappa shape index (κ1) is 7.48. The van der Waals surface area contributed by atoms with Crippen molar-refractivity contribution in [2.45, 2.75) is 13.3 Å². The molecule has 0 amide bonds. The molecule has 0 saturated heterocycles. The first-order valence-electron chi connectivity index (χ1n) is 2.70. The fourth-order valence-electron chi connectivity index (χ4n) is 0.353. The van der Waals surface area contributed by atoms with Gasteiger partial charge >= 0.3 is 0 Å². The van der Waals surface area contributed by atoms with Crippen LogP contribution in [-0.2, 0) is 0 Å². The predicted molar refractivity (Wildman–Crippen MR) is 38.2 cm³/mol. The van der Waals surface area contributed by atoms with Gasteiger partial charge in [-0.25, -0.2) is 0 Å². The molecule has 0 bridgehead atoms. The average Bonchev–Trinajstić information content (AvgIpc) is 1.83. The number of hydrogen-bond donors (Lipinski definition) is 0. The standard InChI is InChI=1S/C8H12/c1-4-6-7-8(3)5-2/h4-6H,1-2,7H2,3H3/b8-5-. The van der Waals surface area contributed by atoms with Gasteiger partial charge in [-0.2, -0.15) is 0 Å². The van der Waals surface area contributed by atoms with E-state index in [1.54, 1.807) is 6.08 Å². The maximum absolute atomic E-state index is 3.62. The molecule has 0 aliphatic heterocycles. The third-order valence-electron chi connectivity index (χ3n) is 0.955. The molecule has 0 heteroatoms. The largest absolute Gasteiger partial charge is 0.103 e. The summed E-state index contributed by atoms with van der Waals surface area (Å²) >= 11 is 0. The van der Waals surface area contributed by atoms with E-state index in [2.05, 4.69) is 13.5 Å². The van der Waals surface area contributed by atoms with Gasteiger partial charge in [-0.05, 0) is 26.7 Å². The zero-order valence-corrected chi connectivity index (χ0v) is 5.35. The molecule has 0 aromatic rings. The van der Waals surface area contributed by atoms with Crippen molar-refractivity contribution in [3.8, 4) is 0 Å². The van der Waals surface area contributed by atoms with Crippen LogP contribution in [0.15, 0.2) is 24.3 Å². The Labute approximate surface area is 51.9 Å². The molecule has 0 heterocycles. The van der Waals surface area contributed by atoms with Gasteiger partial charge < -0.3 is 0 Å². The minimum atomic E-state index is 0.979. The fraction of sp³-hybridized carbons (Fsp3) is 0.250. The topological polar surface area (TPSA) is 0 Å². The van der Waals surface area contributed by atoms with Crippen molar-refractivity contribution in [2.75, 3.05) is 0 Å². The summed E-state index contributed by atoms with van der Waals surface area (Å²) in [4.78, 5) is 0. The Hall–Kier alpha value is -0.520. The number of hydrogen-bond acceptors (Lipinski definition) is 0. The van der Waals surface area contributed by atoms with Crippen LogP contribution in [0, 0.1) is 13.3 Å². The van der Waals surface area contributed by atoms with Gasteiger partial charge in [-0.1, -0.05) is 17.7 Å². The van der Waals surface area contributed by atoms with Crippen LogP contribution in [-0.4, -0.2) is 0 Å². The molecule has 0 fully saturated rings. The van der Waals surface area contributed by atoms with E-state index in [9.17, 15) is 0 Å². The van der Waals surface area contributed by atoms with E-state index in [-0.39, 0.29) is 0 Å². The van der Waals surface area contributed by atoms with Gasteiger partial charge in [0.1, 0.15) is 0 Å². The molecule has 0 N–H and O–H groups in total. The van der Waals surface area contributed by atoms with Gasteiger partial charge in [0.05, 0.1) is 0 Å². The van der Waals surface area contributed by atoms with Crippen LogP contribution in [0.3, 0.4) is 0 Å². The zero-order valence-electron chi connectivity index (χ0n) is 5.35. The first-order valence-corrected chi connectivity index (χ1v) is 2.70. The average molecular weight is 108 g/mol. The third-order valence-corrected chi connectivity index (χ3v) is 0.955. The first-order chi connectivity index (χ1) is 3.81. The molecule has 8 heavy (non-hydrogen) atoms. The van der Waals surface area contributed by atoms with E-state index in [1.807, 2.05) is 19.4 Å². The van der Waals surface area contributed by atoms with Gasteiger partial charge in [-0.3, -0.25) is 0 Å². The molecular weight excluding hydrogens is 96.1 g/mol. The van der Waals surface area contributed by atoms with E-state index >= 15 is 0 Å².